The number of nitrogens with one attached hydrogen (secondary N) is 4. The maximum Gasteiger partial charge on any atom is 0.407 e. The first-order chi connectivity index (χ1) is 35.8. The summed E-state index contributed by atoms with van der Waals surface area (Å²) >= 11 is 0. The van der Waals surface area contributed by atoms with Gasteiger partial charge >= 0.3 is 36.2 Å². The van der Waals surface area contributed by atoms with E-state index >= 15 is 0 Å². The molecule has 6 N–H and O–H groups in total. The van der Waals surface area contributed by atoms with Crippen molar-refractivity contribution in [2.24, 2.45) is 0 Å². The minimum atomic E-state index is -0.558. The van der Waals surface area contributed by atoms with E-state index in [9.17, 15) is 33.6 Å². The van der Waals surface area contributed by atoms with Gasteiger partial charge in [0.25, 0.3) is 0 Å². The smallest absolute Gasteiger partial charge is 0.407 e. The number of aliphatic hydroxyl groups excluding tert-OH is 2. The van der Waals surface area contributed by atoms with Crippen LogP contribution in [0.25, 0.3) is 0 Å². The van der Waals surface area contributed by atoms with Crippen LogP contribution in [0.5, 0.6) is 0 Å². The zero-order valence-electron chi connectivity index (χ0n) is 45.0. The van der Waals surface area contributed by atoms with Gasteiger partial charge in [0.2, 0.25) is 5.91 Å². The van der Waals surface area contributed by atoms with Crippen LogP contribution in [0.15, 0.2) is 0 Å². The van der Waals surface area contributed by atoms with Gasteiger partial charge in [-0.25, -0.2) is 14.4 Å². The molecular weight excluding hydrogens is 975 g/mol. The summed E-state index contributed by atoms with van der Waals surface area (Å²) in [7, 11) is 0. The monoisotopic (exact) mass is 1070 g/mol. The van der Waals surface area contributed by atoms with Crippen LogP contribution < -0.4 is 21.3 Å². The molecule has 0 aromatic carbocycles. The maximum atomic E-state index is 12.4. The molecule has 0 bridgehead atoms. The molecule has 0 fully saturated rings. The molecular formula is C49H93N7O18. The normalized spacial score (nSPS) is 11.2. The van der Waals surface area contributed by atoms with Gasteiger partial charge in [-0.2, -0.15) is 0 Å². The van der Waals surface area contributed by atoms with Gasteiger partial charge in [-0.3, -0.25) is 33.9 Å². The predicted molar refractivity (Wildman–Crippen MR) is 272 cm³/mol. The highest BCUT2D eigenvalue weighted by molar-refractivity contribution is 5.77. The van der Waals surface area contributed by atoms with Crippen LogP contribution >= 0.6 is 0 Å². The molecule has 0 unspecified atom stereocenters. The number of alkyl carbamates (subject to hydrolysis) is 3. The summed E-state index contributed by atoms with van der Waals surface area (Å²) in [4.78, 5) is 90.4. The second-order valence-electron chi connectivity index (χ2n) is 17.0. The van der Waals surface area contributed by atoms with Gasteiger partial charge in [0.1, 0.15) is 39.6 Å². The van der Waals surface area contributed by atoms with Crippen molar-refractivity contribution in [2.75, 3.05) is 171 Å². The molecule has 432 valence electrons. The summed E-state index contributed by atoms with van der Waals surface area (Å²) < 4.78 is 47.4. The number of amides is 4. The lowest BCUT2D eigenvalue weighted by Crippen LogP contribution is -2.36. The fourth-order valence-electron chi connectivity index (χ4n) is 6.58. The van der Waals surface area contributed by atoms with Gasteiger partial charge < -0.3 is 74.1 Å². The van der Waals surface area contributed by atoms with Crippen molar-refractivity contribution in [2.45, 2.75) is 104 Å². The first kappa shape index (κ1) is 69.4. The molecule has 0 saturated carbocycles. The Morgan fingerprint density at radius 3 is 1.15 bits per heavy atom. The summed E-state index contributed by atoms with van der Waals surface area (Å²) in [5.41, 5.74) is 0. The van der Waals surface area contributed by atoms with E-state index in [1.54, 1.807) is 6.92 Å². The van der Waals surface area contributed by atoms with Crippen LogP contribution in [0.4, 0.5) is 14.4 Å². The fraction of sp³-hybridized carbons (Fsp3) is 0.857. The lowest BCUT2D eigenvalue weighted by Gasteiger charge is -2.22. The average Bonchev–Trinajstić information content (AvgIpc) is 3.37. The quantitative estimate of drug-likeness (QED) is 0.0286. The van der Waals surface area contributed by atoms with Gasteiger partial charge in [-0.1, -0.05) is 25.7 Å². The number of carbonyl (C=O) groups excluding carboxylic acids is 7. The van der Waals surface area contributed by atoms with E-state index < -0.39 is 30.2 Å². The molecule has 0 aliphatic heterocycles. The van der Waals surface area contributed by atoms with Crippen LogP contribution in [0.2, 0.25) is 0 Å². The number of carbonyl (C=O) groups is 7. The highest BCUT2D eigenvalue weighted by Gasteiger charge is 2.15. The molecule has 0 atom stereocenters. The van der Waals surface area contributed by atoms with Crippen molar-refractivity contribution in [1.29, 1.82) is 0 Å². The number of esters is 3. The average molecular weight is 1070 g/mol. The highest BCUT2D eigenvalue weighted by atomic mass is 16.6. The number of nitrogens with zero attached hydrogens (tertiary/aromatic N) is 3. The Morgan fingerprint density at radius 1 is 0.405 bits per heavy atom. The zero-order chi connectivity index (χ0) is 54.7. The van der Waals surface area contributed by atoms with Crippen molar-refractivity contribution < 1.29 is 86.4 Å². The summed E-state index contributed by atoms with van der Waals surface area (Å²) in [5.74, 6) is -1.42. The molecule has 25 nitrogen and oxygen atoms in total. The molecule has 25 heteroatoms. The minimum absolute atomic E-state index is 0.0439. The van der Waals surface area contributed by atoms with Crippen molar-refractivity contribution >= 4 is 42.1 Å². The van der Waals surface area contributed by atoms with Crippen LogP contribution in [-0.2, 0) is 61.8 Å². The molecule has 0 aliphatic carbocycles. The minimum Gasteiger partial charge on any atom is -0.466 e. The van der Waals surface area contributed by atoms with Crippen molar-refractivity contribution in [1.82, 2.24) is 36.0 Å². The Bertz CT molecular complexity index is 1450. The molecule has 0 heterocycles. The van der Waals surface area contributed by atoms with E-state index in [1.165, 1.54) is 0 Å². The van der Waals surface area contributed by atoms with E-state index in [0.717, 1.165) is 51.4 Å². The molecule has 0 aromatic heterocycles. The van der Waals surface area contributed by atoms with Crippen LogP contribution in [-0.4, -0.2) is 244 Å². The third-order valence-corrected chi connectivity index (χ3v) is 10.6. The Labute approximate surface area is 438 Å². The molecule has 0 aliphatic rings. The van der Waals surface area contributed by atoms with E-state index in [0.29, 0.717) is 105 Å². The molecule has 0 radical (unpaired) electrons. The summed E-state index contributed by atoms with van der Waals surface area (Å²) in [6.45, 7) is 14.8. The zero-order valence-corrected chi connectivity index (χ0v) is 45.0. The van der Waals surface area contributed by atoms with E-state index in [1.807, 2.05) is 35.5 Å². The highest BCUT2D eigenvalue weighted by Crippen LogP contribution is 2.03. The van der Waals surface area contributed by atoms with Gasteiger partial charge in [0, 0.05) is 91.7 Å². The van der Waals surface area contributed by atoms with Crippen LogP contribution in [0.3, 0.4) is 0 Å². The molecule has 0 spiro atoms. The molecule has 0 saturated heterocycles. The first-order valence-corrected chi connectivity index (χ1v) is 26.4. The SMILES string of the molecule is CCOCCN(CCOC(=O)NCCCCCCNC(=O)OCCN(CCOCC(=O)NCCCCCCNC(=O)OCCN(CCOC(C)C)CCC(=O)OCCO)CCC(=O)OCC)CCC(=O)OCCO. The largest absolute Gasteiger partial charge is 0.466 e. The Kier molecular flexibility index (Phi) is 47.4. The lowest BCUT2D eigenvalue weighted by molar-refractivity contribution is -0.145. The third kappa shape index (κ3) is 47.1. The second-order valence-corrected chi connectivity index (χ2v) is 17.0. The van der Waals surface area contributed by atoms with E-state index in [2.05, 4.69) is 21.3 Å². The van der Waals surface area contributed by atoms with Crippen molar-refractivity contribution in [3.63, 3.8) is 0 Å². The standard InChI is InChI=1S/C49H93N7O18/c1-5-66-33-25-54(23-16-45(61)70-39-31-57)28-36-72-47(63)52-20-13-9-10-14-21-53-48(64)73-37-29-55(22-15-44(60)68-6-2)26-34-67-41-43(59)50-18-11-7-8-12-19-51-49(65)74-38-30-56(27-35-69-42(3)4)24-17-46(62)71-40-32-58/h42,57-58H,5-41H2,1-4H3,(H,50,59)(H,51,65)(H,52,63)(H,53,64). The molecule has 4 amide bonds. The number of hydrogen-bond acceptors (Lipinski definition) is 21. The fourth-order valence-corrected chi connectivity index (χ4v) is 6.58. The third-order valence-electron chi connectivity index (χ3n) is 10.6. The Balaban J connectivity index is 4.22. The van der Waals surface area contributed by atoms with Crippen molar-refractivity contribution in [3.05, 3.63) is 0 Å². The molecule has 74 heavy (non-hydrogen) atoms. The van der Waals surface area contributed by atoms with Gasteiger partial charge in [0.05, 0.1) is 65.0 Å². The second kappa shape index (κ2) is 50.5. The van der Waals surface area contributed by atoms with Crippen molar-refractivity contribution in [3.8, 4) is 0 Å². The van der Waals surface area contributed by atoms with E-state index in [-0.39, 0.29) is 103 Å². The Hall–Kier alpha value is -4.63. The molecule has 0 aromatic rings. The van der Waals surface area contributed by atoms with Gasteiger partial charge in [-0.05, 0) is 53.4 Å². The topological polar surface area (TPSA) is 301 Å². The number of aliphatic hydroxyl groups is 2. The van der Waals surface area contributed by atoms with Crippen LogP contribution in [0, 0.1) is 0 Å². The maximum absolute atomic E-state index is 12.4. The molecule has 0 rings (SSSR count). The summed E-state index contributed by atoms with van der Waals surface area (Å²) in [6, 6.07) is 0. The summed E-state index contributed by atoms with van der Waals surface area (Å²) in [5, 5.41) is 28.7. The van der Waals surface area contributed by atoms with Crippen LogP contribution in [0.1, 0.15) is 98.3 Å². The number of unbranched alkanes of at least 4 members (excludes halogenated alkanes) is 6. The Morgan fingerprint density at radius 2 is 0.770 bits per heavy atom. The van der Waals surface area contributed by atoms with Gasteiger partial charge in [-0.15, -0.1) is 0 Å². The lowest BCUT2D eigenvalue weighted by atomic mass is 10.2. The number of ether oxygens (including phenoxy) is 9. The van der Waals surface area contributed by atoms with Gasteiger partial charge in [0.15, 0.2) is 0 Å². The first-order valence-electron chi connectivity index (χ1n) is 26.4. The van der Waals surface area contributed by atoms with E-state index in [4.69, 9.17) is 52.8 Å². The number of rotatable bonds is 50. The predicted octanol–water partition coefficient (Wildman–Crippen LogP) is 1.59. The summed E-state index contributed by atoms with van der Waals surface area (Å²) in [6.07, 6.45) is 5.16. The number of hydrogen-bond donors (Lipinski definition) is 6.